The fourth-order valence-corrected chi connectivity index (χ4v) is 4.71. The Morgan fingerprint density at radius 1 is 1.13 bits per heavy atom. The van der Waals surface area contributed by atoms with Crippen LogP contribution in [0.5, 0.6) is 0 Å². The van der Waals surface area contributed by atoms with E-state index in [1.807, 2.05) is 13.0 Å². The van der Waals surface area contributed by atoms with Crippen molar-refractivity contribution in [3.8, 4) is 0 Å². The van der Waals surface area contributed by atoms with Crippen LogP contribution >= 0.6 is 23.2 Å². The highest BCUT2D eigenvalue weighted by Gasteiger charge is 2.19. The van der Waals surface area contributed by atoms with Crippen LogP contribution in [0.3, 0.4) is 0 Å². The second kappa shape index (κ2) is 9.61. The summed E-state index contributed by atoms with van der Waals surface area (Å²) in [6.45, 7) is 4.78. The van der Waals surface area contributed by atoms with Crippen LogP contribution in [0.25, 0.3) is 10.9 Å². The van der Waals surface area contributed by atoms with Crippen LogP contribution in [-0.4, -0.2) is 46.7 Å². The molecule has 3 aromatic rings. The first-order valence-corrected chi connectivity index (χ1v) is 11.3. The number of aromatic nitrogens is 1. The number of hydrogen-bond donors (Lipinski definition) is 2. The van der Waals surface area contributed by atoms with Crippen molar-refractivity contribution >= 4 is 40.1 Å². The van der Waals surface area contributed by atoms with Gasteiger partial charge in [0.15, 0.2) is 0 Å². The molecule has 7 heteroatoms. The van der Waals surface area contributed by atoms with Crippen molar-refractivity contribution in [1.82, 2.24) is 9.88 Å². The molecule has 0 saturated carbocycles. The van der Waals surface area contributed by atoms with E-state index in [0.29, 0.717) is 15.6 Å². The zero-order chi connectivity index (χ0) is 22.0. The molecule has 1 saturated heterocycles. The van der Waals surface area contributed by atoms with Crippen LogP contribution in [0.4, 0.5) is 0 Å². The standard InChI is InChI=1S/C24H26Cl2N2O3/c1-15-23(24(30)31-14-17-10-18(25)13-19(26)11-17)21-12-16(2-3-22(21)27-15)4-7-28-8-5-20(29)6-9-28/h2-3,10-13,20,27,29H,4-9,14H2,1H3. The molecule has 1 fully saturated rings. The number of carbonyl (C=O) groups is 1. The van der Waals surface area contributed by atoms with Crippen molar-refractivity contribution in [3.05, 3.63) is 68.8 Å². The van der Waals surface area contributed by atoms with Gasteiger partial charge in [0.1, 0.15) is 6.61 Å². The second-order valence-corrected chi connectivity index (χ2v) is 9.05. The number of likely N-dealkylation sites (tertiary alicyclic amines) is 1. The third-order valence-corrected chi connectivity index (χ3v) is 6.26. The maximum atomic E-state index is 12.9. The largest absolute Gasteiger partial charge is 0.457 e. The minimum atomic E-state index is -0.373. The molecule has 164 valence electrons. The average molecular weight is 461 g/mol. The monoisotopic (exact) mass is 460 g/mol. The van der Waals surface area contributed by atoms with Gasteiger partial charge in [-0.1, -0.05) is 29.3 Å². The molecule has 1 aliphatic heterocycles. The van der Waals surface area contributed by atoms with E-state index in [2.05, 4.69) is 22.0 Å². The number of aliphatic hydroxyl groups is 1. The molecule has 2 heterocycles. The summed E-state index contributed by atoms with van der Waals surface area (Å²) in [5, 5.41) is 11.6. The van der Waals surface area contributed by atoms with Gasteiger partial charge in [-0.2, -0.15) is 0 Å². The number of nitrogens with one attached hydrogen (secondary N) is 1. The van der Waals surface area contributed by atoms with Gasteiger partial charge in [0, 0.05) is 46.3 Å². The molecule has 1 aromatic heterocycles. The summed E-state index contributed by atoms with van der Waals surface area (Å²) in [4.78, 5) is 18.6. The van der Waals surface area contributed by atoms with Gasteiger partial charge in [0.05, 0.1) is 11.7 Å². The van der Waals surface area contributed by atoms with Gasteiger partial charge in [-0.3, -0.25) is 0 Å². The van der Waals surface area contributed by atoms with Crippen LogP contribution in [0, 0.1) is 6.92 Å². The first kappa shape index (κ1) is 22.2. The Balaban J connectivity index is 1.47. The zero-order valence-corrected chi connectivity index (χ0v) is 19.0. The van der Waals surface area contributed by atoms with Crippen molar-refractivity contribution in [3.63, 3.8) is 0 Å². The predicted octanol–water partition coefficient (Wildman–Crippen LogP) is 5.14. The number of aliphatic hydroxyl groups excluding tert-OH is 1. The highest BCUT2D eigenvalue weighted by Crippen LogP contribution is 2.26. The SMILES string of the molecule is Cc1[nH]c2ccc(CCN3CCC(O)CC3)cc2c1C(=O)OCc1cc(Cl)cc(Cl)c1. The molecule has 1 aliphatic rings. The van der Waals surface area contributed by atoms with Crippen LogP contribution in [0.15, 0.2) is 36.4 Å². The third kappa shape index (κ3) is 5.42. The maximum Gasteiger partial charge on any atom is 0.340 e. The Labute approximate surface area is 191 Å². The molecule has 0 unspecified atom stereocenters. The van der Waals surface area contributed by atoms with Gasteiger partial charge < -0.3 is 19.7 Å². The number of nitrogens with zero attached hydrogens (tertiary/aromatic N) is 1. The highest BCUT2D eigenvalue weighted by atomic mass is 35.5. The molecule has 5 nitrogen and oxygen atoms in total. The number of esters is 1. The number of aromatic amines is 1. The Hall–Kier alpha value is -2.05. The quantitative estimate of drug-likeness (QED) is 0.499. The number of carbonyl (C=O) groups excluding carboxylic acids is 1. The Kier molecular flexibility index (Phi) is 6.87. The molecular formula is C24H26Cl2N2O3. The lowest BCUT2D eigenvalue weighted by Crippen LogP contribution is -2.37. The molecule has 0 radical (unpaired) electrons. The summed E-state index contributed by atoms with van der Waals surface area (Å²) in [6.07, 6.45) is 2.41. The lowest BCUT2D eigenvalue weighted by molar-refractivity contribution is 0.0474. The van der Waals surface area contributed by atoms with E-state index in [0.717, 1.165) is 61.1 Å². The van der Waals surface area contributed by atoms with Crippen molar-refractivity contribution in [1.29, 1.82) is 0 Å². The van der Waals surface area contributed by atoms with Gasteiger partial charge >= 0.3 is 5.97 Å². The number of rotatable bonds is 6. The van der Waals surface area contributed by atoms with Crippen LogP contribution in [-0.2, 0) is 17.8 Å². The number of fused-ring (bicyclic) bond motifs is 1. The van der Waals surface area contributed by atoms with E-state index in [-0.39, 0.29) is 18.7 Å². The molecular weight excluding hydrogens is 435 g/mol. The first-order valence-electron chi connectivity index (χ1n) is 10.5. The number of benzene rings is 2. The van der Waals surface area contributed by atoms with Crippen molar-refractivity contribution in [2.45, 2.75) is 38.9 Å². The highest BCUT2D eigenvalue weighted by molar-refractivity contribution is 6.34. The molecule has 4 rings (SSSR count). The van der Waals surface area contributed by atoms with Crippen LogP contribution in [0.1, 0.15) is 40.0 Å². The van der Waals surface area contributed by atoms with Crippen LogP contribution in [0.2, 0.25) is 10.0 Å². The normalized spacial score (nSPS) is 15.5. The molecule has 0 atom stereocenters. The van der Waals surface area contributed by atoms with Crippen molar-refractivity contribution in [2.24, 2.45) is 0 Å². The van der Waals surface area contributed by atoms with Crippen molar-refractivity contribution in [2.75, 3.05) is 19.6 Å². The van der Waals surface area contributed by atoms with E-state index >= 15 is 0 Å². The number of piperidine rings is 1. The average Bonchev–Trinajstić information content (AvgIpc) is 3.06. The van der Waals surface area contributed by atoms with E-state index in [1.165, 1.54) is 5.56 Å². The summed E-state index contributed by atoms with van der Waals surface area (Å²) in [5.41, 5.74) is 4.18. The van der Waals surface area contributed by atoms with Gasteiger partial charge in [-0.05, 0) is 67.6 Å². The van der Waals surface area contributed by atoms with Gasteiger partial charge in [0.25, 0.3) is 0 Å². The zero-order valence-electron chi connectivity index (χ0n) is 17.5. The summed E-state index contributed by atoms with van der Waals surface area (Å²) in [7, 11) is 0. The first-order chi connectivity index (χ1) is 14.9. The molecule has 2 aromatic carbocycles. The Bertz CT molecular complexity index is 1070. The number of halogens is 2. The third-order valence-electron chi connectivity index (χ3n) is 5.82. The summed E-state index contributed by atoms with van der Waals surface area (Å²) in [5.74, 6) is -0.373. The molecule has 0 bridgehead atoms. The van der Waals surface area contributed by atoms with E-state index in [9.17, 15) is 9.90 Å². The fraction of sp³-hybridized carbons (Fsp3) is 0.375. The molecule has 31 heavy (non-hydrogen) atoms. The number of ether oxygens (including phenoxy) is 1. The van der Waals surface area contributed by atoms with E-state index in [4.69, 9.17) is 27.9 Å². The fourth-order valence-electron chi connectivity index (χ4n) is 4.14. The topological polar surface area (TPSA) is 65.6 Å². The lowest BCUT2D eigenvalue weighted by atomic mass is 10.0. The molecule has 2 N–H and O–H groups in total. The number of H-pyrrole nitrogens is 1. The van der Waals surface area contributed by atoms with Crippen LogP contribution < -0.4 is 0 Å². The van der Waals surface area contributed by atoms with Crippen molar-refractivity contribution < 1.29 is 14.6 Å². The maximum absolute atomic E-state index is 12.9. The van der Waals surface area contributed by atoms with Gasteiger partial charge in [-0.25, -0.2) is 4.79 Å². The predicted molar refractivity (Wildman–Crippen MR) is 124 cm³/mol. The summed E-state index contributed by atoms with van der Waals surface area (Å²) < 4.78 is 5.57. The number of hydrogen-bond acceptors (Lipinski definition) is 4. The Morgan fingerprint density at radius 2 is 1.84 bits per heavy atom. The second-order valence-electron chi connectivity index (χ2n) is 8.18. The van der Waals surface area contributed by atoms with Gasteiger partial charge in [0.2, 0.25) is 0 Å². The minimum Gasteiger partial charge on any atom is -0.457 e. The number of aryl methyl sites for hydroxylation is 1. The smallest absolute Gasteiger partial charge is 0.340 e. The molecule has 0 spiro atoms. The summed E-state index contributed by atoms with van der Waals surface area (Å²) >= 11 is 12.1. The van der Waals surface area contributed by atoms with E-state index < -0.39 is 0 Å². The Morgan fingerprint density at radius 3 is 2.55 bits per heavy atom. The lowest BCUT2D eigenvalue weighted by Gasteiger charge is -2.29. The van der Waals surface area contributed by atoms with E-state index in [1.54, 1.807) is 18.2 Å². The van der Waals surface area contributed by atoms with Gasteiger partial charge in [-0.15, -0.1) is 0 Å². The summed E-state index contributed by atoms with van der Waals surface area (Å²) in [6, 6.07) is 11.3. The molecule has 0 amide bonds. The molecule has 0 aliphatic carbocycles. The minimum absolute atomic E-state index is 0.103.